The second kappa shape index (κ2) is 5.21. The maximum Gasteiger partial charge on any atom is 0.157 e. The minimum absolute atomic E-state index is 0.0764. The lowest BCUT2D eigenvalue weighted by Gasteiger charge is -2.12. The molecule has 1 atom stereocenters. The Labute approximate surface area is 104 Å². The van der Waals surface area contributed by atoms with E-state index in [4.69, 9.17) is 0 Å². The van der Waals surface area contributed by atoms with Crippen LogP contribution in [-0.4, -0.2) is 10.2 Å². The van der Waals surface area contributed by atoms with Crippen LogP contribution in [0.15, 0.2) is 35.0 Å². The van der Waals surface area contributed by atoms with Gasteiger partial charge in [0.15, 0.2) is 11.5 Å². The summed E-state index contributed by atoms with van der Waals surface area (Å²) in [4.78, 5) is 0. The van der Waals surface area contributed by atoms with Crippen LogP contribution in [0.3, 0.4) is 0 Å². The van der Waals surface area contributed by atoms with E-state index < -0.39 is 0 Å². The number of phenolic OH excluding ortho intramolecular Hbond substituents is 2. The van der Waals surface area contributed by atoms with Crippen molar-refractivity contribution in [2.24, 2.45) is 0 Å². The van der Waals surface area contributed by atoms with E-state index in [1.54, 1.807) is 23.5 Å². The summed E-state index contributed by atoms with van der Waals surface area (Å²) in [5.74, 6) is -0.160. The molecule has 2 aromatic rings. The van der Waals surface area contributed by atoms with Gasteiger partial charge < -0.3 is 15.5 Å². The predicted octanol–water partition coefficient (Wildman–Crippen LogP) is 3.01. The molecule has 0 aliphatic carbocycles. The fourth-order valence-corrected chi connectivity index (χ4v) is 2.34. The highest BCUT2D eigenvalue weighted by Crippen LogP contribution is 2.25. The Morgan fingerprint density at radius 1 is 1.24 bits per heavy atom. The molecule has 90 valence electrons. The van der Waals surface area contributed by atoms with Gasteiger partial charge in [0.1, 0.15) is 0 Å². The first kappa shape index (κ1) is 12.0. The smallest absolute Gasteiger partial charge is 0.157 e. The lowest BCUT2D eigenvalue weighted by Crippen LogP contribution is -2.17. The van der Waals surface area contributed by atoms with E-state index in [0.717, 1.165) is 5.56 Å². The van der Waals surface area contributed by atoms with Crippen molar-refractivity contribution in [3.8, 4) is 11.5 Å². The summed E-state index contributed by atoms with van der Waals surface area (Å²) in [6.07, 6.45) is 0. The zero-order chi connectivity index (χ0) is 12.3. The molecule has 0 aliphatic heterocycles. The van der Waals surface area contributed by atoms with Gasteiger partial charge in [-0.15, -0.1) is 0 Å². The minimum atomic E-state index is -0.0837. The number of hydrogen-bond acceptors (Lipinski definition) is 4. The van der Waals surface area contributed by atoms with Gasteiger partial charge in [0.05, 0.1) is 0 Å². The fourth-order valence-electron chi connectivity index (χ4n) is 1.59. The Morgan fingerprint density at radius 2 is 2.06 bits per heavy atom. The molecule has 0 aliphatic rings. The van der Waals surface area contributed by atoms with Crippen LogP contribution in [0.25, 0.3) is 0 Å². The van der Waals surface area contributed by atoms with Crippen LogP contribution < -0.4 is 5.32 Å². The quantitative estimate of drug-likeness (QED) is 0.730. The average Bonchev–Trinajstić information content (AvgIpc) is 2.84. The number of aromatic hydroxyl groups is 2. The molecule has 0 spiro atoms. The molecule has 1 aromatic carbocycles. The molecule has 2 rings (SSSR count). The fraction of sp³-hybridized carbons (Fsp3) is 0.231. The molecule has 0 saturated heterocycles. The zero-order valence-corrected chi connectivity index (χ0v) is 10.4. The van der Waals surface area contributed by atoms with Gasteiger partial charge in [0, 0.05) is 12.6 Å². The maximum absolute atomic E-state index is 9.37. The van der Waals surface area contributed by atoms with Gasteiger partial charge >= 0.3 is 0 Å². The molecule has 0 bridgehead atoms. The molecular weight excluding hydrogens is 234 g/mol. The highest BCUT2D eigenvalue weighted by Gasteiger charge is 2.06. The van der Waals surface area contributed by atoms with Crippen molar-refractivity contribution in [1.82, 2.24) is 5.32 Å². The number of thiophene rings is 1. The summed E-state index contributed by atoms with van der Waals surface area (Å²) in [6.45, 7) is 2.76. The Kier molecular flexibility index (Phi) is 3.66. The highest BCUT2D eigenvalue weighted by molar-refractivity contribution is 7.07. The standard InChI is InChI=1S/C13H15NO2S/c1-9(11-4-5-17-8-11)14-7-10-2-3-12(15)13(16)6-10/h2-6,8-9,14-16H,7H2,1H3. The van der Waals surface area contributed by atoms with Crippen LogP contribution in [0.5, 0.6) is 11.5 Å². The average molecular weight is 249 g/mol. The van der Waals surface area contributed by atoms with E-state index in [9.17, 15) is 10.2 Å². The van der Waals surface area contributed by atoms with E-state index in [1.165, 1.54) is 11.6 Å². The number of rotatable bonds is 4. The topological polar surface area (TPSA) is 52.5 Å². The molecule has 0 radical (unpaired) electrons. The van der Waals surface area contributed by atoms with Gasteiger partial charge in [-0.05, 0) is 47.0 Å². The third-order valence-corrected chi connectivity index (χ3v) is 3.40. The molecule has 0 saturated carbocycles. The van der Waals surface area contributed by atoms with Gasteiger partial charge in [-0.3, -0.25) is 0 Å². The van der Waals surface area contributed by atoms with Crippen LogP contribution >= 0.6 is 11.3 Å². The lowest BCUT2D eigenvalue weighted by molar-refractivity contribution is 0.402. The second-order valence-corrected chi connectivity index (χ2v) is 4.76. The number of benzene rings is 1. The number of nitrogens with one attached hydrogen (secondary N) is 1. The summed E-state index contributed by atoms with van der Waals surface area (Å²) < 4.78 is 0. The lowest BCUT2D eigenvalue weighted by atomic mass is 10.1. The largest absolute Gasteiger partial charge is 0.504 e. The summed E-state index contributed by atoms with van der Waals surface area (Å²) in [7, 11) is 0. The van der Waals surface area contributed by atoms with Crippen LogP contribution in [0.1, 0.15) is 24.1 Å². The first-order chi connectivity index (χ1) is 8.16. The Morgan fingerprint density at radius 3 is 2.71 bits per heavy atom. The normalized spacial score (nSPS) is 12.5. The van der Waals surface area contributed by atoms with Crippen molar-refractivity contribution in [2.45, 2.75) is 19.5 Å². The maximum atomic E-state index is 9.37. The summed E-state index contributed by atoms with van der Waals surface area (Å²) >= 11 is 1.68. The van der Waals surface area contributed by atoms with Gasteiger partial charge in [0.25, 0.3) is 0 Å². The molecule has 1 aromatic heterocycles. The van der Waals surface area contributed by atoms with Crippen LogP contribution in [-0.2, 0) is 6.54 Å². The number of hydrogen-bond donors (Lipinski definition) is 3. The van der Waals surface area contributed by atoms with E-state index in [-0.39, 0.29) is 17.5 Å². The van der Waals surface area contributed by atoms with E-state index in [1.807, 2.05) is 0 Å². The zero-order valence-electron chi connectivity index (χ0n) is 9.55. The minimum Gasteiger partial charge on any atom is -0.504 e. The van der Waals surface area contributed by atoms with Gasteiger partial charge in [-0.2, -0.15) is 11.3 Å². The molecule has 1 heterocycles. The summed E-state index contributed by atoms with van der Waals surface area (Å²) in [5, 5.41) is 26.1. The molecule has 0 fully saturated rings. The van der Waals surface area contributed by atoms with E-state index in [2.05, 4.69) is 29.1 Å². The van der Waals surface area contributed by atoms with E-state index in [0.29, 0.717) is 6.54 Å². The molecule has 3 N–H and O–H groups in total. The van der Waals surface area contributed by atoms with Crippen molar-refractivity contribution in [3.05, 3.63) is 46.2 Å². The van der Waals surface area contributed by atoms with Gasteiger partial charge in [-0.1, -0.05) is 6.07 Å². The Bertz CT molecular complexity index is 482. The van der Waals surface area contributed by atoms with Crippen LogP contribution in [0.2, 0.25) is 0 Å². The SMILES string of the molecule is CC(NCc1ccc(O)c(O)c1)c1ccsc1. The van der Waals surface area contributed by atoms with Crippen molar-refractivity contribution >= 4 is 11.3 Å². The third kappa shape index (κ3) is 2.99. The number of phenols is 2. The molecule has 0 amide bonds. The molecule has 1 unspecified atom stereocenters. The first-order valence-corrected chi connectivity index (χ1v) is 6.37. The molecule has 17 heavy (non-hydrogen) atoms. The third-order valence-electron chi connectivity index (χ3n) is 2.70. The molecule has 3 nitrogen and oxygen atoms in total. The highest BCUT2D eigenvalue weighted by atomic mass is 32.1. The predicted molar refractivity (Wildman–Crippen MR) is 69.3 cm³/mol. The van der Waals surface area contributed by atoms with Crippen molar-refractivity contribution in [2.75, 3.05) is 0 Å². The van der Waals surface area contributed by atoms with Crippen molar-refractivity contribution in [3.63, 3.8) is 0 Å². The van der Waals surface area contributed by atoms with Crippen LogP contribution in [0, 0.1) is 0 Å². The summed E-state index contributed by atoms with van der Waals surface area (Å²) in [6, 6.07) is 7.24. The molecular formula is C13H15NO2S. The Balaban J connectivity index is 1.96. The van der Waals surface area contributed by atoms with Crippen LogP contribution in [0.4, 0.5) is 0 Å². The molecule has 4 heteroatoms. The second-order valence-electron chi connectivity index (χ2n) is 3.98. The first-order valence-electron chi connectivity index (χ1n) is 5.43. The Hall–Kier alpha value is -1.52. The van der Waals surface area contributed by atoms with Gasteiger partial charge in [-0.25, -0.2) is 0 Å². The monoisotopic (exact) mass is 249 g/mol. The summed E-state index contributed by atoms with van der Waals surface area (Å²) in [5.41, 5.74) is 2.21. The van der Waals surface area contributed by atoms with Gasteiger partial charge in [0.2, 0.25) is 0 Å². The van der Waals surface area contributed by atoms with Crippen molar-refractivity contribution < 1.29 is 10.2 Å². The van der Waals surface area contributed by atoms with Crippen molar-refractivity contribution in [1.29, 1.82) is 0 Å². The van der Waals surface area contributed by atoms with E-state index >= 15 is 0 Å².